The third-order valence-electron chi connectivity index (χ3n) is 4.97. The molecule has 3 N–H and O–H groups in total. The number of rotatable bonds is 6. The van der Waals surface area contributed by atoms with Gasteiger partial charge >= 0.3 is 0 Å². The molecular weight excluding hydrogens is 328 g/mol. The van der Waals surface area contributed by atoms with Crippen LogP contribution in [0.4, 0.5) is 5.69 Å². The lowest BCUT2D eigenvalue weighted by molar-refractivity contribution is -0.116. The summed E-state index contributed by atoms with van der Waals surface area (Å²) in [5.41, 5.74) is 1.20. The van der Waals surface area contributed by atoms with Crippen molar-refractivity contribution in [2.75, 3.05) is 25.0 Å². The number of nitrogens with one attached hydrogen (secondary N) is 1. The van der Waals surface area contributed by atoms with Crippen molar-refractivity contribution in [1.82, 2.24) is 4.90 Å². The standard InChI is InChI=1S/C21H26N2O3/c24-19-8-6-18(7-9-19)22-20(25)10-13-23-14-11-21(26,12-15-23)16-17-4-2-1-3-5-17/h1-9,24,26H,10-16H2,(H,22,25). The van der Waals surface area contributed by atoms with Crippen molar-refractivity contribution < 1.29 is 15.0 Å². The number of carbonyl (C=O) groups is 1. The molecule has 138 valence electrons. The lowest BCUT2D eigenvalue weighted by Crippen LogP contribution is -2.46. The number of nitrogens with zero attached hydrogens (tertiary/aromatic N) is 1. The van der Waals surface area contributed by atoms with Crippen LogP contribution in [0.15, 0.2) is 54.6 Å². The van der Waals surface area contributed by atoms with Crippen LogP contribution in [-0.2, 0) is 11.2 Å². The zero-order valence-corrected chi connectivity index (χ0v) is 14.9. The summed E-state index contributed by atoms with van der Waals surface area (Å²) in [6, 6.07) is 16.5. The number of carbonyl (C=O) groups excluding carboxylic acids is 1. The number of piperidine rings is 1. The summed E-state index contributed by atoms with van der Waals surface area (Å²) in [4.78, 5) is 14.3. The van der Waals surface area contributed by atoms with Gasteiger partial charge in [-0.3, -0.25) is 4.79 Å². The van der Waals surface area contributed by atoms with Crippen LogP contribution in [0.1, 0.15) is 24.8 Å². The smallest absolute Gasteiger partial charge is 0.225 e. The van der Waals surface area contributed by atoms with Gasteiger partial charge < -0.3 is 20.4 Å². The molecule has 2 aromatic rings. The van der Waals surface area contributed by atoms with E-state index in [9.17, 15) is 15.0 Å². The van der Waals surface area contributed by atoms with Gasteiger partial charge in [0.25, 0.3) is 0 Å². The van der Waals surface area contributed by atoms with Gasteiger partial charge in [-0.25, -0.2) is 0 Å². The largest absolute Gasteiger partial charge is 0.508 e. The number of anilines is 1. The van der Waals surface area contributed by atoms with Crippen LogP contribution < -0.4 is 5.32 Å². The number of likely N-dealkylation sites (tertiary alicyclic amines) is 1. The Bertz CT molecular complexity index is 708. The third kappa shape index (κ3) is 5.31. The van der Waals surface area contributed by atoms with E-state index in [1.165, 1.54) is 0 Å². The van der Waals surface area contributed by atoms with Gasteiger partial charge in [0.15, 0.2) is 0 Å². The molecule has 5 nitrogen and oxygen atoms in total. The first-order chi connectivity index (χ1) is 12.5. The number of hydrogen-bond donors (Lipinski definition) is 3. The van der Waals surface area contributed by atoms with Crippen molar-refractivity contribution in [2.24, 2.45) is 0 Å². The molecule has 1 fully saturated rings. The van der Waals surface area contributed by atoms with Crippen LogP contribution in [0.2, 0.25) is 0 Å². The molecule has 1 aliphatic rings. The summed E-state index contributed by atoms with van der Waals surface area (Å²) < 4.78 is 0. The van der Waals surface area contributed by atoms with E-state index >= 15 is 0 Å². The first-order valence-corrected chi connectivity index (χ1v) is 9.10. The van der Waals surface area contributed by atoms with Gasteiger partial charge in [-0.2, -0.15) is 0 Å². The Hall–Kier alpha value is -2.37. The highest BCUT2D eigenvalue weighted by Crippen LogP contribution is 2.26. The molecule has 0 saturated carbocycles. The zero-order chi connectivity index (χ0) is 18.4. The van der Waals surface area contributed by atoms with Gasteiger partial charge in [0.05, 0.1) is 5.60 Å². The fraction of sp³-hybridized carbons (Fsp3) is 0.381. The van der Waals surface area contributed by atoms with Gasteiger partial charge in [-0.1, -0.05) is 30.3 Å². The molecule has 0 radical (unpaired) electrons. The second kappa shape index (κ2) is 8.34. The first kappa shape index (κ1) is 18.4. The van der Waals surface area contributed by atoms with E-state index in [2.05, 4.69) is 22.3 Å². The van der Waals surface area contributed by atoms with Crippen LogP contribution in [0.3, 0.4) is 0 Å². The number of phenols is 1. The second-order valence-electron chi connectivity index (χ2n) is 7.07. The van der Waals surface area contributed by atoms with Crippen LogP contribution in [0.25, 0.3) is 0 Å². The van der Waals surface area contributed by atoms with Crippen LogP contribution in [-0.4, -0.2) is 46.3 Å². The Balaban J connectivity index is 1.41. The van der Waals surface area contributed by atoms with E-state index in [-0.39, 0.29) is 11.7 Å². The highest BCUT2D eigenvalue weighted by Gasteiger charge is 2.32. The van der Waals surface area contributed by atoms with Crippen molar-refractivity contribution in [3.8, 4) is 5.75 Å². The molecule has 2 aromatic carbocycles. The molecule has 0 bridgehead atoms. The fourth-order valence-corrected chi connectivity index (χ4v) is 3.37. The minimum Gasteiger partial charge on any atom is -0.508 e. The maximum Gasteiger partial charge on any atom is 0.225 e. The molecule has 26 heavy (non-hydrogen) atoms. The monoisotopic (exact) mass is 354 g/mol. The SMILES string of the molecule is O=C(CCN1CCC(O)(Cc2ccccc2)CC1)Nc1ccc(O)cc1. The highest BCUT2D eigenvalue weighted by molar-refractivity contribution is 5.90. The minimum absolute atomic E-state index is 0.0409. The lowest BCUT2D eigenvalue weighted by atomic mass is 9.85. The predicted octanol–water partition coefficient (Wildman–Crippen LogP) is 2.79. The van der Waals surface area contributed by atoms with Gasteiger partial charge in [-0.05, 0) is 42.7 Å². The average molecular weight is 354 g/mol. The number of aromatic hydroxyl groups is 1. The fourth-order valence-electron chi connectivity index (χ4n) is 3.37. The summed E-state index contributed by atoms with van der Waals surface area (Å²) in [6.07, 6.45) is 2.55. The summed E-state index contributed by atoms with van der Waals surface area (Å²) in [5.74, 6) is 0.139. The average Bonchev–Trinajstić information content (AvgIpc) is 2.64. The zero-order valence-electron chi connectivity index (χ0n) is 14.9. The third-order valence-corrected chi connectivity index (χ3v) is 4.97. The Labute approximate surface area is 154 Å². The molecule has 0 spiro atoms. The van der Waals surface area contributed by atoms with Crippen molar-refractivity contribution in [2.45, 2.75) is 31.3 Å². The number of aliphatic hydroxyl groups is 1. The number of benzene rings is 2. The maximum atomic E-state index is 12.1. The molecule has 1 saturated heterocycles. The Kier molecular flexibility index (Phi) is 5.91. The Morgan fingerprint density at radius 3 is 2.35 bits per heavy atom. The highest BCUT2D eigenvalue weighted by atomic mass is 16.3. The molecule has 0 aliphatic carbocycles. The minimum atomic E-state index is -0.647. The molecule has 3 rings (SSSR count). The van der Waals surface area contributed by atoms with E-state index in [4.69, 9.17) is 0 Å². The first-order valence-electron chi connectivity index (χ1n) is 9.10. The number of amides is 1. The van der Waals surface area contributed by atoms with Gasteiger partial charge in [0, 0.05) is 38.2 Å². The molecule has 1 heterocycles. The quantitative estimate of drug-likeness (QED) is 0.698. The lowest BCUT2D eigenvalue weighted by Gasteiger charge is -2.38. The van der Waals surface area contributed by atoms with E-state index in [1.807, 2.05) is 18.2 Å². The van der Waals surface area contributed by atoms with Crippen molar-refractivity contribution >= 4 is 11.6 Å². The molecule has 1 amide bonds. The molecule has 5 heteroatoms. The predicted molar refractivity (Wildman–Crippen MR) is 102 cm³/mol. The number of phenolic OH excluding ortho intramolecular Hbond substituents is 1. The molecule has 0 unspecified atom stereocenters. The topological polar surface area (TPSA) is 72.8 Å². The van der Waals surface area contributed by atoms with Crippen molar-refractivity contribution in [3.05, 3.63) is 60.2 Å². The summed E-state index contributed by atoms with van der Waals surface area (Å²) in [5, 5.41) is 22.9. The van der Waals surface area contributed by atoms with Gasteiger partial charge in [-0.15, -0.1) is 0 Å². The molecule has 1 aliphatic heterocycles. The second-order valence-corrected chi connectivity index (χ2v) is 7.07. The van der Waals surface area contributed by atoms with E-state index in [1.54, 1.807) is 24.3 Å². The van der Waals surface area contributed by atoms with Gasteiger partial charge in [0.1, 0.15) is 5.75 Å². The summed E-state index contributed by atoms with van der Waals surface area (Å²) >= 11 is 0. The summed E-state index contributed by atoms with van der Waals surface area (Å²) in [7, 11) is 0. The maximum absolute atomic E-state index is 12.1. The number of hydrogen-bond acceptors (Lipinski definition) is 4. The van der Waals surface area contributed by atoms with E-state index in [0.29, 0.717) is 25.1 Å². The van der Waals surface area contributed by atoms with E-state index < -0.39 is 5.60 Å². The normalized spacial score (nSPS) is 17.0. The van der Waals surface area contributed by atoms with Crippen LogP contribution >= 0.6 is 0 Å². The van der Waals surface area contributed by atoms with E-state index in [0.717, 1.165) is 31.5 Å². The van der Waals surface area contributed by atoms with Crippen molar-refractivity contribution in [3.63, 3.8) is 0 Å². The van der Waals surface area contributed by atoms with Crippen LogP contribution in [0.5, 0.6) is 5.75 Å². The Morgan fingerprint density at radius 2 is 1.69 bits per heavy atom. The Morgan fingerprint density at radius 1 is 1.04 bits per heavy atom. The van der Waals surface area contributed by atoms with Gasteiger partial charge in [0.2, 0.25) is 5.91 Å². The van der Waals surface area contributed by atoms with Crippen LogP contribution in [0, 0.1) is 0 Å². The molecular formula is C21H26N2O3. The van der Waals surface area contributed by atoms with Crippen molar-refractivity contribution in [1.29, 1.82) is 0 Å². The molecule has 0 atom stereocenters. The summed E-state index contributed by atoms with van der Waals surface area (Å²) in [6.45, 7) is 2.29. The molecule has 0 aromatic heterocycles.